The highest BCUT2D eigenvalue weighted by Crippen LogP contribution is 2.21. The topological polar surface area (TPSA) is 35.6 Å². The van der Waals surface area contributed by atoms with E-state index in [1.54, 1.807) is 12.1 Å². The van der Waals surface area contributed by atoms with Gasteiger partial charge in [-0.15, -0.1) is 0 Å². The van der Waals surface area contributed by atoms with E-state index in [1.807, 2.05) is 0 Å². The van der Waals surface area contributed by atoms with Crippen LogP contribution in [0, 0.1) is 11.7 Å². The fraction of sp³-hybridized carbons (Fsp3) is 0.667. The molecule has 2 fully saturated rings. The van der Waals surface area contributed by atoms with E-state index < -0.39 is 0 Å². The molecule has 0 spiro atoms. The first-order chi connectivity index (χ1) is 12.6. The Labute approximate surface area is 156 Å². The first-order valence-electron chi connectivity index (χ1n) is 10.1. The van der Waals surface area contributed by atoms with Crippen molar-refractivity contribution in [1.29, 1.82) is 0 Å². The van der Waals surface area contributed by atoms with Gasteiger partial charge in [0.1, 0.15) is 5.82 Å². The molecule has 26 heavy (non-hydrogen) atoms. The number of benzene rings is 1. The van der Waals surface area contributed by atoms with Crippen LogP contribution in [0.4, 0.5) is 9.18 Å². The average molecular weight is 362 g/mol. The number of piperidine rings is 1. The predicted molar refractivity (Wildman–Crippen MR) is 102 cm³/mol. The van der Waals surface area contributed by atoms with E-state index in [-0.39, 0.29) is 11.8 Å². The Bertz CT molecular complexity index is 569. The highest BCUT2D eigenvalue weighted by molar-refractivity contribution is 5.74. The molecule has 4 nitrogen and oxygen atoms in total. The molecule has 1 atom stereocenters. The van der Waals surface area contributed by atoms with Gasteiger partial charge >= 0.3 is 6.03 Å². The number of rotatable bonds is 4. The van der Waals surface area contributed by atoms with E-state index in [0.717, 1.165) is 50.5 Å². The molecule has 1 aromatic carbocycles. The molecule has 2 heterocycles. The van der Waals surface area contributed by atoms with Gasteiger partial charge in [-0.1, -0.05) is 31.9 Å². The number of halogens is 1. The highest BCUT2D eigenvalue weighted by Gasteiger charge is 2.28. The lowest BCUT2D eigenvalue weighted by molar-refractivity contribution is 0.123. The minimum atomic E-state index is -0.247. The Hall–Kier alpha value is -1.62. The minimum absolute atomic E-state index is 0.0200. The summed E-state index contributed by atoms with van der Waals surface area (Å²) in [5.74, 6) is 0.582. The molecule has 1 N–H and O–H groups in total. The maximum absolute atomic E-state index is 13.0. The van der Waals surface area contributed by atoms with E-state index in [1.165, 1.54) is 37.8 Å². The number of likely N-dealkylation sites (tertiary alicyclic amines) is 2. The average Bonchev–Trinajstić information content (AvgIpc) is 2.88. The summed E-state index contributed by atoms with van der Waals surface area (Å²) in [7, 11) is 0. The van der Waals surface area contributed by atoms with Gasteiger partial charge in [0.15, 0.2) is 0 Å². The Morgan fingerprint density at radius 3 is 2.54 bits per heavy atom. The molecule has 0 aliphatic carbocycles. The second kappa shape index (κ2) is 9.36. The summed E-state index contributed by atoms with van der Waals surface area (Å²) in [6, 6.07) is 6.65. The van der Waals surface area contributed by atoms with Crippen LogP contribution in [-0.4, -0.2) is 48.1 Å². The van der Waals surface area contributed by atoms with E-state index in [0.29, 0.717) is 12.6 Å². The molecule has 0 saturated carbocycles. The van der Waals surface area contributed by atoms with Crippen molar-refractivity contribution in [3.63, 3.8) is 0 Å². The number of carbonyl (C=O) groups excluding carboxylic acids is 1. The van der Waals surface area contributed by atoms with Gasteiger partial charge in [-0.3, -0.25) is 0 Å². The van der Waals surface area contributed by atoms with E-state index >= 15 is 0 Å². The Balaban J connectivity index is 1.56. The Kier molecular flexibility index (Phi) is 6.89. The lowest BCUT2D eigenvalue weighted by Gasteiger charge is -2.37. The summed E-state index contributed by atoms with van der Waals surface area (Å²) in [5.41, 5.74) is 0.927. The molecule has 2 amide bonds. The van der Waals surface area contributed by atoms with E-state index in [9.17, 15) is 9.18 Å². The van der Waals surface area contributed by atoms with Crippen molar-refractivity contribution in [2.45, 2.75) is 58.0 Å². The van der Waals surface area contributed by atoms with Gasteiger partial charge in [-0.05, 0) is 62.4 Å². The van der Waals surface area contributed by atoms with Gasteiger partial charge in [0.2, 0.25) is 0 Å². The molecular weight excluding hydrogens is 329 g/mol. The van der Waals surface area contributed by atoms with Gasteiger partial charge < -0.3 is 15.1 Å². The quantitative estimate of drug-likeness (QED) is 0.879. The number of nitrogens with zero attached hydrogens (tertiary/aromatic N) is 2. The van der Waals surface area contributed by atoms with Crippen LogP contribution in [0.5, 0.6) is 0 Å². The minimum Gasteiger partial charge on any atom is -0.334 e. The summed E-state index contributed by atoms with van der Waals surface area (Å²) >= 11 is 0. The molecule has 0 bridgehead atoms. The van der Waals surface area contributed by atoms with Crippen molar-refractivity contribution in [2.24, 2.45) is 5.92 Å². The second-order valence-corrected chi connectivity index (χ2v) is 7.96. The van der Waals surface area contributed by atoms with Gasteiger partial charge in [0.25, 0.3) is 0 Å². The summed E-state index contributed by atoms with van der Waals surface area (Å²) < 4.78 is 13.0. The molecular formula is C21H32FN3O. The molecule has 1 unspecified atom stereocenters. The van der Waals surface area contributed by atoms with Gasteiger partial charge in [0.05, 0.1) is 0 Å². The zero-order valence-electron chi connectivity index (χ0n) is 15.9. The highest BCUT2D eigenvalue weighted by atomic mass is 19.1. The van der Waals surface area contributed by atoms with Crippen LogP contribution in [0.3, 0.4) is 0 Å². The van der Waals surface area contributed by atoms with Crippen LogP contribution < -0.4 is 5.32 Å². The smallest absolute Gasteiger partial charge is 0.317 e. The van der Waals surface area contributed by atoms with Crippen LogP contribution in [0.1, 0.15) is 51.0 Å². The van der Waals surface area contributed by atoms with Crippen molar-refractivity contribution < 1.29 is 9.18 Å². The lowest BCUT2D eigenvalue weighted by Crippen LogP contribution is -2.51. The Morgan fingerprint density at radius 1 is 1.08 bits per heavy atom. The number of nitrogens with one attached hydrogen (secondary N) is 1. The molecule has 2 saturated heterocycles. The maximum atomic E-state index is 13.0. The largest absolute Gasteiger partial charge is 0.334 e. The second-order valence-electron chi connectivity index (χ2n) is 7.96. The number of hydrogen-bond acceptors (Lipinski definition) is 2. The van der Waals surface area contributed by atoms with Crippen LogP contribution in [0.2, 0.25) is 0 Å². The molecule has 2 aliphatic heterocycles. The molecule has 2 aliphatic rings. The van der Waals surface area contributed by atoms with Crippen molar-refractivity contribution in [3.8, 4) is 0 Å². The predicted octanol–water partition coefficient (Wildman–Crippen LogP) is 4.01. The van der Waals surface area contributed by atoms with Crippen LogP contribution >= 0.6 is 0 Å². The number of hydrogen-bond donors (Lipinski definition) is 1. The molecule has 1 aromatic rings. The van der Waals surface area contributed by atoms with Crippen LogP contribution in [-0.2, 0) is 6.54 Å². The summed E-state index contributed by atoms with van der Waals surface area (Å²) in [4.78, 5) is 17.4. The normalized spacial score (nSPS) is 22.8. The third kappa shape index (κ3) is 5.44. The third-order valence-corrected chi connectivity index (χ3v) is 5.84. The lowest BCUT2D eigenvalue weighted by atomic mass is 9.98. The summed E-state index contributed by atoms with van der Waals surface area (Å²) in [5, 5.41) is 3.04. The molecule has 3 rings (SSSR count). The molecule has 0 radical (unpaired) electrons. The zero-order valence-corrected chi connectivity index (χ0v) is 15.9. The molecule has 5 heteroatoms. The van der Waals surface area contributed by atoms with Crippen molar-refractivity contribution >= 4 is 6.03 Å². The van der Waals surface area contributed by atoms with E-state index in [2.05, 4.69) is 22.0 Å². The SMILES string of the molecule is CC1CCN(CC2CCCCCN2C(=O)NCc2ccc(F)cc2)CC1. The third-order valence-electron chi connectivity index (χ3n) is 5.84. The van der Waals surface area contributed by atoms with Crippen molar-refractivity contribution in [3.05, 3.63) is 35.6 Å². The van der Waals surface area contributed by atoms with Crippen molar-refractivity contribution in [1.82, 2.24) is 15.1 Å². The Morgan fingerprint density at radius 2 is 1.81 bits per heavy atom. The monoisotopic (exact) mass is 361 g/mol. The standard InChI is InChI=1S/C21H32FN3O/c1-17-10-13-24(14-11-17)16-20-5-3-2-4-12-25(20)21(26)23-15-18-6-8-19(22)9-7-18/h6-9,17,20H,2-5,10-16H2,1H3,(H,23,26). The fourth-order valence-corrected chi connectivity index (χ4v) is 4.06. The zero-order chi connectivity index (χ0) is 18.4. The molecule has 0 aromatic heterocycles. The first-order valence-corrected chi connectivity index (χ1v) is 10.1. The fourth-order valence-electron chi connectivity index (χ4n) is 4.06. The van der Waals surface area contributed by atoms with Crippen molar-refractivity contribution in [2.75, 3.05) is 26.2 Å². The number of amides is 2. The first kappa shape index (κ1) is 19.2. The summed E-state index contributed by atoms with van der Waals surface area (Å²) in [6.45, 7) is 6.92. The van der Waals surface area contributed by atoms with Gasteiger partial charge in [-0.2, -0.15) is 0 Å². The number of carbonyl (C=O) groups is 1. The van der Waals surface area contributed by atoms with Gasteiger partial charge in [-0.25, -0.2) is 9.18 Å². The number of urea groups is 1. The summed E-state index contributed by atoms with van der Waals surface area (Å²) in [6.07, 6.45) is 7.12. The van der Waals surface area contributed by atoms with E-state index in [4.69, 9.17) is 0 Å². The van der Waals surface area contributed by atoms with Crippen LogP contribution in [0.15, 0.2) is 24.3 Å². The maximum Gasteiger partial charge on any atom is 0.317 e. The molecule has 144 valence electrons. The van der Waals surface area contributed by atoms with Crippen LogP contribution in [0.25, 0.3) is 0 Å². The van der Waals surface area contributed by atoms with Gasteiger partial charge in [0, 0.05) is 25.7 Å².